The highest BCUT2D eigenvalue weighted by Crippen LogP contribution is 2.20. The molecule has 3 aromatic rings. The summed E-state index contributed by atoms with van der Waals surface area (Å²) in [7, 11) is 0. The number of morpholine rings is 1. The van der Waals surface area contributed by atoms with Gasteiger partial charge in [-0.3, -0.25) is 14.3 Å². The van der Waals surface area contributed by atoms with Crippen LogP contribution in [-0.2, 0) is 18.0 Å². The topological polar surface area (TPSA) is 104 Å². The highest BCUT2D eigenvalue weighted by Gasteiger charge is 2.26. The fraction of sp³-hybridized carbons (Fsp3) is 0.391. The maximum Gasteiger partial charge on any atom is 0.276 e. The van der Waals surface area contributed by atoms with Gasteiger partial charge in [0.2, 0.25) is 0 Å². The zero-order valence-corrected chi connectivity index (χ0v) is 19.1. The number of anilines is 1. The molecule has 1 aromatic carbocycles. The van der Waals surface area contributed by atoms with Gasteiger partial charge in [-0.1, -0.05) is 6.07 Å². The van der Waals surface area contributed by atoms with Gasteiger partial charge in [0.15, 0.2) is 12.4 Å². The molecule has 1 saturated heterocycles. The van der Waals surface area contributed by atoms with E-state index in [2.05, 4.69) is 21.6 Å². The van der Waals surface area contributed by atoms with Crippen molar-refractivity contribution in [2.75, 3.05) is 31.6 Å². The van der Waals surface area contributed by atoms with Gasteiger partial charge in [0, 0.05) is 25.8 Å². The lowest BCUT2D eigenvalue weighted by Gasteiger charge is -2.27. The van der Waals surface area contributed by atoms with Gasteiger partial charge in [-0.15, -0.1) is 0 Å². The van der Waals surface area contributed by atoms with Crippen molar-refractivity contribution in [1.82, 2.24) is 24.5 Å². The van der Waals surface area contributed by atoms with E-state index in [9.17, 15) is 9.59 Å². The van der Waals surface area contributed by atoms with E-state index in [-0.39, 0.29) is 18.3 Å². The van der Waals surface area contributed by atoms with Crippen molar-refractivity contribution in [2.24, 2.45) is 0 Å². The summed E-state index contributed by atoms with van der Waals surface area (Å²) in [4.78, 5) is 27.6. The number of ether oxygens (including phenoxy) is 2. The number of benzene rings is 1. The van der Waals surface area contributed by atoms with Crippen LogP contribution in [0.3, 0.4) is 0 Å². The Labute approximate surface area is 192 Å². The molecule has 2 aromatic heterocycles. The van der Waals surface area contributed by atoms with Gasteiger partial charge < -0.3 is 19.7 Å². The molecule has 1 aliphatic rings. The van der Waals surface area contributed by atoms with Crippen molar-refractivity contribution in [3.8, 4) is 5.75 Å². The van der Waals surface area contributed by atoms with Gasteiger partial charge >= 0.3 is 0 Å². The van der Waals surface area contributed by atoms with Gasteiger partial charge in [0.05, 0.1) is 25.1 Å². The van der Waals surface area contributed by atoms with Crippen LogP contribution in [0, 0.1) is 13.8 Å². The lowest BCUT2D eigenvalue weighted by molar-refractivity contribution is 0.0295. The van der Waals surface area contributed by atoms with E-state index in [4.69, 9.17) is 9.47 Å². The maximum atomic E-state index is 13.1. The first-order chi connectivity index (χ1) is 15.9. The molecule has 2 amide bonds. The summed E-state index contributed by atoms with van der Waals surface area (Å²) in [6.45, 7) is 8.59. The molecule has 0 aliphatic carbocycles. The number of amides is 2. The van der Waals surface area contributed by atoms with Crippen molar-refractivity contribution in [3.05, 3.63) is 59.2 Å². The number of carbonyl (C=O) groups is 2. The smallest absolute Gasteiger partial charge is 0.276 e. The molecule has 4 rings (SSSR count). The minimum absolute atomic E-state index is 0.171. The summed E-state index contributed by atoms with van der Waals surface area (Å²) in [5, 5.41) is 11.3. The average molecular weight is 453 g/mol. The van der Waals surface area contributed by atoms with Crippen molar-refractivity contribution in [2.45, 2.75) is 34.0 Å². The first-order valence-corrected chi connectivity index (χ1v) is 10.9. The van der Waals surface area contributed by atoms with E-state index < -0.39 is 5.91 Å². The molecule has 0 bridgehead atoms. The molecular weight excluding hydrogens is 424 g/mol. The van der Waals surface area contributed by atoms with Gasteiger partial charge in [0.25, 0.3) is 11.8 Å². The highest BCUT2D eigenvalue weighted by molar-refractivity contribution is 6.07. The second kappa shape index (κ2) is 9.86. The average Bonchev–Trinajstić information content (AvgIpc) is 3.44. The molecule has 10 heteroatoms. The summed E-state index contributed by atoms with van der Waals surface area (Å²) in [6, 6.07) is 7.57. The van der Waals surface area contributed by atoms with Crippen LogP contribution in [-0.4, -0.2) is 62.6 Å². The van der Waals surface area contributed by atoms with Crippen LogP contribution in [0.4, 0.5) is 5.69 Å². The lowest BCUT2D eigenvalue weighted by atomic mass is 10.1. The van der Waals surface area contributed by atoms with E-state index in [1.54, 1.807) is 26.5 Å². The van der Waals surface area contributed by atoms with E-state index in [1.165, 1.54) is 6.20 Å². The third kappa shape index (κ3) is 5.23. The molecule has 174 valence electrons. The van der Waals surface area contributed by atoms with Crippen LogP contribution < -0.4 is 10.1 Å². The lowest BCUT2D eigenvalue weighted by Crippen LogP contribution is -2.41. The maximum absolute atomic E-state index is 13.1. The Morgan fingerprint density at radius 2 is 1.88 bits per heavy atom. The molecule has 1 fully saturated rings. The molecule has 1 N–H and O–H groups in total. The van der Waals surface area contributed by atoms with E-state index in [0.717, 1.165) is 16.9 Å². The summed E-state index contributed by atoms with van der Waals surface area (Å²) in [6.07, 6.45) is 3.17. The van der Waals surface area contributed by atoms with E-state index in [1.807, 2.05) is 32.9 Å². The highest BCUT2D eigenvalue weighted by atomic mass is 16.5. The van der Waals surface area contributed by atoms with Crippen molar-refractivity contribution in [3.63, 3.8) is 0 Å². The van der Waals surface area contributed by atoms with Gasteiger partial charge in [-0.25, -0.2) is 4.68 Å². The van der Waals surface area contributed by atoms with Crippen LogP contribution in [0.5, 0.6) is 5.75 Å². The molecule has 0 atom stereocenters. The minimum atomic E-state index is -0.424. The van der Waals surface area contributed by atoms with Crippen LogP contribution in [0.15, 0.2) is 36.7 Å². The number of hydrogen-bond donors (Lipinski definition) is 1. The predicted molar refractivity (Wildman–Crippen MR) is 121 cm³/mol. The number of rotatable bonds is 7. The summed E-state index contributed by atoms with van der Waals surface area (Å²) >= 11 is 0. The monoisotopic (exact) mass is 452 g/mol. The fourth-order valence-corrected chi connectivity index (χ4v) is 3.76. The molecule has 0 spiro atoms. The largest absolute Gasteiger partial charge is 0.471 e. The number of carbonyl (C=O) groups excluding carboxylic acids is 2. The fourth-order valence-electron chi connectivity index (χ4n) is 3.76. The zero-order valence-electron chi connectivity index (χ0n) is 19.1. The zero-order chi connectivity index (χ0) is 23.4. The molecular formula is C23H28N6O4. The standard InChI is InChI=1S/C23H28N6O4/c1-4-29-21(23(31)27-7-9-32-10-8-27)20(14-24-29)25-22(30)19-5-6-28(26-19)15-33-18-12-16(2)11-17(3)13-18/h5-6,11-14H,4,7-10,15H2,1-3H3,(H,25,30). The predicted octanol–water partition coefficient (Wildman–Crippen LogP) is 2.48. The van der Waals surface area contributed by atoms with E-state index in [0.29, 0.717) is 44.2 Å². The molecule has 0 radical (unpaired) electrons. The van der Waals surface area contributed by atoms with Crippen LogP contribution >= 0.6 is 0 Å². The van der Waals surface area contributed by atoms with Gasteiger partial charge in [-0.2, -0.15) is 10.2 Å². The quantitative estimate of drug-likeness (QED) is 0.591. The number of hydrogen-bond acceptors (Lipinski definition) is 6. The SMILES string of the molecule is CCn1ncc(NC(=O)c2ccn(COc3cc(C)cc(C)c3)n2)c1C(=O)N1CCOCC1. The number of aryl methyl sites for hydroxylation is 3. The van der Waals surface area contributed by atoms with Gasteiger partial charge in [-0.05, 0) is 50.1 Å². The molecule has 0 unspecified atom stereocenters. The van der Waals surface area contributed by atoms with Crippen molar-refractivity contribution >= 4 is 17.5 Å². The molecule has 1 aliphatic heterocycles. The minimum Gasteiger partial charge on any atom is -0.471 e. The second-order valence-corrected chi connectivity index (χ2v) is 7.92. The van der Waals surface area contributed by atoms with Crippen molar-refractivity contribution < 1.29 is 19.1 Å². The molecule has 0 saturated carbocycles. The first-order valence-electron chi connectivity index (χ1n) is 10.9. The number of nitrogens with zero attached hydrogens (tertiary/aromatic N) is 5. The third-order valence-electron chi connectivity index (χ3n) is 5.32. The number of aromatic nitrogens is 4. The second-order valence-electron chi connectivity index (χ2n) is 7.92. The van der Waals surface area contributed by atoms with Crippen molar-refractivity contribution in [1.29, 1.82) is 0 Å². The first kappa shape index (κ1) is 22.5. The van der Waals surface area contributed by atoms with Crippen LogP contribution in [0.25, 0.3) is 0 Å². The Balaban J connectivity index is 1.44. The summed E-state index contributed by atoms with van der Waals surface area (Å²) < 4.78 is 14.3. The Morgan fingerprint density at radius 1 is 1.15 bits per heavy atom. The molecule has 10 nitrogen and oxygen atoms in total. The summed E-state index contributed by atoms with van der Waals surface area (Å²) in [5.74, 6) is 0.138. The van der Waals surface area contributed by atoms with Crippen LogP contribution in [0.1, 0.15) is 39.0 Å². The number of nitrogens with one attached hydrogen (secondary N) is 1. The third-order valence-corrected chi connectivity index (χ3v) is 5.32. The van der Waals surface area contributed by atoms with Crippen LogP contribution in [0.2, 0.25) is 0 Å². The Morgan fingerprint density at radius 3 is 2.58 bits per heavy atom. The molecule has 3 heterocycles. The van der Waals surface area contributed by atoms with E-state index >= 15 is 0 Å². The Bertz CT molecular complexity index is 1130. The summed E-state index contributed by atoms with van der Waals surface area (Å²) in [5.41, 5.74) is 3.15. The Hall–Kier alpha value is -3.66. The molecule has 33 heavy (non-hydrogen) atoms. The normalized spacial score (nSPS) is 13.7. The Kier molecular flexibility index (Phi) is 6.74. The van der Waals surface area contributed by atoms with Gasteiger partial charge in [0.1, 0.15) is 11.4 Å².